The van der Waals surface area contributed by atoms with Crippen LogP contribution in [-0.2, 0) is 15.5 Å². The first kappa shape index (κ1) is 42.8. The van der Waals surface area contributed by atoms with Gasteiger partial charge in [-0.2, -0.15) is 0 Å². The summed E-state index contributed by atoms with van der Waals surface area (Å²) in [6.07, 6.45) is 29.8. The molecule has 0 aliphatic carbocycles. The molecule has 287 valence electrons. The summed E-state index contributed by atoms with van der Waals surface area (Å²) in [6.45, 7) is 9.54. The molecule has 2 aromatic carbocycles. The van der Waals surface area contributed by atoms with Gasteiger partial charge < -0.3 is 14.2 Å². The molecule has 0 N–H and O–H groups in total. The number of carbonyl (C=O) groups excluding carboxylic acids is 1. The first-order valence-electron chi connectivity index (χ1n) is 21.0. The monoisotopic (exact) mass is 707 g/mol. The van der Waals surface area contributed by atoms with Crippen molar-refractivity contribution in [1.29, 1.82) is 0 Å². The first-order chi connectivity index (χ1) is 24.8. The number of nitrogens with zero attached hydrogens (tertiary/aromatic N) is 1. The molecule has 6 heteroatoms. The summed E-state index contributed by atoms with van der Waals surface area (Å²) in [5.41, 5.74) is -1.22. The van der Waals surface area contributed by atoms with Gasteiger partial charge in [-0.3, -0.25) is 0 Å². The molecule has 1 aliphatic rings. The lowest BCUT2D eigenvalue weighted by molar-refractivity contribution is -0.256. The summed E-state index contributed by atoms with van der Waals surface area (Å²) < 4.78 is 17.7. The number of hydrogen-bond acceptors (Lipinski definition) is 5. The van der Waals surface area contributed by atoms with Crippen LogP contribution in [0.15, 0.2) is 48.5 Å². The summed E-state index contributed by atoms with van der Waals surface area (Å²) in [5, 5.41) is 14.7. The highest BCUT2D eigenvalue weighted by Crippen LogP contribution is 2.47. The van der Waals surface area contributed by atoms with Gasteiger partial charge in [-0.25, -0.2) is 4.79 Å². The Morgan fingerprint density at radius 3 is 1.29 bits per heavy atom. The predicted octanol–water partition coefficient (Wildman–Crippen LogP) is 13.1. The van der Waals surface area contributed by atoms with Crippen LogP contribution in [-0.4, -0.2) is 29.8 Å². The van der Waals surface area contributed by atoms with E-state index in [1.807, 2.05) is 43.3 Å². The van der Waals surface area contributed by atoms with Gasteiger partial charge in [-0.1, -0.05) is 154 Å². The van der Waals surface area contributed by atoms with Crippen molar-refractivity contribution in [1.82, 2.24) is 5.06 Å². The zero-order valence-electron chi connectivity index (χ0n) is 33.0. The number of rotatable bonds is 29. The molecule has 0 saturated carbocycles. The zero-order chi connectivity index (χ0) is 36.6. The van der Waals surface area contributed by atoms with Gasteiger partial charge >= 0.3 is 5.97 Å². The van der Waals surface area contributed by atoms with Gasteiger partial charge in [0.1, 0.15) is 22.8 Å². The zero-order valence-corrected chi connectivity index (χ0v) is 33.0. The van der Waals surface area contributed by atoms with Crippen LogP contribution in [0.3, 0.4) is 0 Å². The molecular formula is C45H72NO5. The highest BCUT2D eigenvalue weighted by Gasteiger charge is 2.57. The molecule has 1 fully saturated rings. The molecule has 6 nitrogen and oxygen atoms in total. The standard InChI is InChI=1S/C45H72NO5/c1-5-7-9-11-13-15-17-19-21-23-25-37-49-40-29-27-39(28-30-40)44(3)35-36-45(4,46(44)48)43(47)51-42-33-31-41(32-34-42)50-38-26-24-22-20-18-16-14-12-10-8-6-2/h27-34H,5-26,35-38H2,1-4H3/t44-,45-/m0/s1. The van der Waals surface area contributed by atoms with Crippen molar-refractivity contribution in [2.45, 2.75) is 193 Å². The minimum Gasteiger partial charge on any atom is -0.494 e. The van der Waals surface area contributed by atoms with Crippen molar-refractivity contribution < 1.29 is 24.2 Å². The molecule has 2 aromatic rings. The molecule has 0 spiro atoms. The van der Waals surface area contributed by atoms with Crippen molar-refractivity contribution in [2.24, 2.45) is 0 Å². The van der Waals surface area contributed by atoms with E-state index in [0.29, 0.717) is 31.8 Å². The Hall–Kier alpha value is -2.57. The number of esters is 1. The average molecular weight is 707 g/mol. The van der Waals surface area contributed by atoms with Crippen LogP contribution in [0.2, 0.25) is 0 Å². The van der Waals surface area contributed by atoms with Gasteiger partial charge in [0.05, 0.1) is 18.8 Å². The van der Waals surface area contributed by atoms with E-state index in [4.69, 9.17) is 14.2 Å². The maximum atomic E-state index is 13.8. The Kier molecular flexibility index (Phi) is 20.7. The maximum Gasteiger partial charge on any atom is 0.334 e. The Balaban J connectivity index is 1.32. The second kappa shape index (κ2) is 24.6. The summed E-state index contributed by atoms with van der Waals surface area (Å²) in [6, 6.07) is 15.0. The van der Waals surface area contributed by atoms with Crippen LogP contribution in [0.25, 0.3) is 0 Å². The van der Waals surface area contributed by atoms with Gasteiger partial charge in [-0.15, -0.1) is 10.3 Å². The second-order valence-corrected chi connectivity index (χ2v) is 15.5. The quantitative estimate of drug-likeness (QED) is 0.0478. The molecule has 1 aliphatic heterocycles. The molecule has 51 heavy (non-hydrogen) atoms. The number of benzene rings is 2. The fourth-order valence-electron chi connectivity index (χ4n) is 7.32. The molecule has 2 atom stereocenters. The molecule has 1 heterocycles. The second-order valence-electron chi connectivity index (χ2n) is 15.5. The molecule has 1 saturated heterocycles. The van der Waals surface area contributed by atoms with Gasteiger partial charge in [-0.05, 0) is 81.5 Å². The van der Waals surface area contributed by atoms with Gasteiger partial charge in [0.2, 0.25) is 0 Å². The van der Waals surface area contributed by atoms with E-state index in [1.54, 1.807) is 19.1 Å². The SMILES string of the molecule is CCCCCCCCCCCCCOc1ccc(OC(=O)[C@]2(C)CC[C@@](C)(c3ccc(OCCCCCCCCCCCCC)cc3)N2[O])cc1. The molecule has 3 rings (SSSR count). The smallest absolute Gasteiger partial charge is 0.334 e. The van der Waals surface area contributed by atoms with Crippen molar-refractivity contribution in [2.75, 3.05) is 13.2 Å². The van der Waals surface area contributed by atoms with Gasteiger partial charge in [0.25, 0.3) is 0 Å². The fraction of sp³-hybridized carbons (Fsp3) is 0.711. The van der Waals surface area contributed by atoms with Crippen molar-refractivity contribution in [3.05, 3.63) is 54.1 Å². The molecule has 0 amide bonds. The van der Waals surface area contributed by atoms with E-state index in [-0.39, 0.29) is 0 Å². The van der Waals surface area contributed by atoms with Gasteiger partial charge in [0, 0.05) is 0 Å². The number of hydrogen-bond donors (Lipinski definition) is 0. The molecular weight excluding hydrogens is 634 g/mol. The Bertz CT molecular complexity index is 1180. The third-order valence-corrected chi connectivity index (χ3v) is 11.0. The summed E-state index contributed by atoms with van der Waals surface area (Å²) in [4.78, 5) is 13.4. The Morgan fingerprint density at radius 2 is 0.882 bits per heavy atom. The number of carbonyl (C=O) groups is 1. The molecule has 0 unspecified atom stereocenters. The predicted molar refractivity (Wildman–Crippen MR) is 210 cm³/mol. The average Bonchev–Trinajstić information content (AvgIpc) is 3.39. The number of ether oxygens (including phenoxy) is 3. The van der Waals surface area contributed by atoms with Crippen LogP contribution in [0.1, 0.15) is 187 Å². The Labute approximate surface area is 312 Å². The number of hydroxylamine groups is 2. The lowest BCUT2D eigenvalue weighted by Crippen LogP contribution is -2.53. The number of unbranched alkanes of at least 4 members (excludes halogenated alkanes) is 20. The third-order valence-electron chi connectivity index (χ3n) is 11.0. The van der Waals surface area contributed by atoms with E-state index in [9.17, 15) is 10.0 Å². The van der Waals surface area contributed by atoms with Crippen molar-refractivity contribution in [3.63, 3.8) is 0 Å². The lowest BCUT2D eigenvalue weighted by Gasteiger charge is -2.35. The normalized spacial score (nSPS) is 19.0. The molecule has 1 radical (unpaired) electrons. The van der Waals surface area contributed by atoms with Crippen molar-refractivity contribution >= 4 is 5.97 Å². The Morgan fingerprint density at radius 1 is 0.529 bits per heavy atom. The summed E-state index contributed by atoms with van der Waals surface area (Å²) in [7, 11) is 0. The van der Waals surface area contributed by atoms with Crippen molar-refractivity contribution in [3.8, 4) is 17.2 Å². The third kappa shape index (κ3) is 15.1. The van der Waals surface area contributed by atoms with Gasteiger partial charge in [0.15, 0.2) is 0 Å². The summed E-state index contributed by atoms with van der Waals surface area (Å²) >= 11 is 0. The largest absolute Gasteiger partial charge is 0.494 e. The van der Waals surface area contributed by atoms with Crippen LogP contribution in [0.5, 0.6) is 17.2 Å². The van der Waals surface area contributed by atoms with E-state index in [1.165, 1.54) is 128 Å². The minimum absolute atomic E-state index is 0.420. The van der Waals surface area contributed by atoms with E-state index < -0.39 is 17.0 Å². The van der Waals surface area contributed by atoms with Crippen LogP contribution in [0.4, 0.5) is 0 Å². The van der Waals surface area contributed by atoms with Crippen LogP contribution < -0.4 is 14.2 Å². The highest BCUT2D eigenvalue weighted by molar-refractivity contribution is 5.83. The van der Waals surface area contributed by atoms with E-state index >= 15 is 0 Å². The van der Waals surface area contributed by atoms with Crippen LogP contribution in [0, 0.1) is 0 Å². The molecule has 0 aromatic heterocycles. The summed E-state index contributed by atoms with van der Waals surface area (Å²) in [5.74, 6) is 1.48. The topological polar surface area (TPSA) is 67.9 Å². The fourth-order valence-corrected chi connectivity index (χ4v) is 7.32. The molecule has 0 bridgehead atoms. The lowest BCUT2D eigenvalue weighted by atomic mass is 9.90. The van der Waals surface area contributed by atoms with Crippen LogP contribution >= 0.6 is 0 Å². The van der Waals surface area contributed by atoms with E-state index in [0.717, 1.165) is 35.0 Å². The highest BCUT2D eigenvalue weighted by atomic mass is 16.6. The first-order valence-corrected chi connectivity index (χ1v) is 21.0. The minimum atomic E-state index is -1.27. The maximum absolute atomic E-state index is 13.8. The van der Waals surface area contributed by atoms with E-state index in [2.05, 4.69) is 13.8 Å².